The van der Waals surface area contributed by atoms with Gasteiger partial charge in [0.25, 0.3) is 0 Å². The van der Waals surface area contributed by atoms with E-state index in [9.17, 15) is 24.0 Å². The number of rotatable bonds is 3. The minimum absolute atomic E-state index is 0.0949. The fourth-order valence-corrected chi connectivity index (χ4v) is 7.12. The number of esters is 1. The van der Waals surface area contributed by atoms with Gasteiger partial charge in [-0.1, -0.05) is 35.4 Å². The average molecular weight is 544 g/mol. The van der Waals surface area contributed by atoms with Crippen molar-refractivity contribution in [1.82, 2.24) is 20.4 Å². The normalized spacial score (nSPS) is 31.0. The molecule has 0 aromatic heterocycles. The molecule has 0 aromatic carbocycles. The van der Waals surface area contributed by atoms with E-state index in [1.165, 1.54) is 28.7 Å². The van der Waals surface area contributed by atoms with Crippen LogP contribution in [0, 0.1) is 5.92 Å². The smallest absolute Gasteiger partial charge is 0.329 e. The van der Waals surface area contributed by atoms with Crippen LogP contribution in [-0.4, -0.2) is 101 Å². The Kier molecular flexibility index (Phi) is 10.3. The predicted octanol–water partition coefficient (Wildman–Crippen LogP) is -0.121. The van der Waals surface area contributed by atoms with Gasteiger partial charge in [0.05, 0.1) is 13.2 Å². The summed E-state index contributed by atoms with van der Waals surface area (Å²) in [5.74, 6) is -1.44. The SMILES string of the molecule is COC(=O)[C@@H]1CSSC[C@H](N)C(=O)N2CCC[C@H]2C(=O)N2CCC[C@H]2C(=O)N[C@@H](CC(C)C)C(=O)N1. The minimum Gasteiger partial charge on any atom is -0.467 e. The number of hydrogen-bond acceptors (Lipinski definition) is 9. The van der Waals surface area contributed by atoms with Crippen molar-refractivity contribution in [2.24, 2.45) is 11.7 Å². The van der Waals surface area contributed by atoms with Gasteiger partial charge in [0.2, 0.25) is 23.6 Å². The second-order valence-electron chi connectivity index (χ2n) is 9.83. The third-order valence-electron chi connectivity index (χ3n) is 6.68. The summed E-state index contributed by atoms with van der Waals surface area (Å²) in [6.07, 6.45) is 2.73. The van der Waals surface area contributed by atoms with Crippen molar-refractivity contribution in [3.8, 4) is 0 Å². The van der Waals surface area contributed by atoms with Gasteiger partial charge in [0.1, 0.15) is 24.2 Å². The predicted molar refractivity (Wildman–Crippen MR) is 138 cm³/mol. The Balaban J connectivity index is 1.89. The maximum absolute atomic E-state index is 13.5. The third-order valence-corrected chi connectivity index (χ3v) is 9.13. The Morgan fingerprint density at radius 1 is 0.972 bits per heavy atom. The Labute approximate surface area is 219 Å². The lowest BCUT2D eigenvalue weighted by Crippen LogP contribution is -2.58. The third kappa shape index (κ3) is 6.86. The van der Waals surface area contributed by atoms with Gasteiger partial charge in [-0.2, -0.15) is 0 Å². The summed E-state index contributed by atoms with van der Waals surface area (Å²) in [5, 5.41) is 5.54. The van der Waals surface area contributed by atoms with E-state index >= 15 is 0 Å². The van der Waals surface area contributed by atoms with Crippen LogP contribution < -0.4 is 16.4 Å². The zero-order valence-electron chi connectivity index (χ0n) is 21.1. The van der Waals surface area contributed by atoms with Crippen LogP contribution in [0.25, 0.3) is 0 Å². The van der Waals surface area contributed by atoms with Crippen molar-refractivity contribution < 1.29 is 28.7 Å². The van der Waals surface area contributed by atoms with Crippen LogP contribution in [0.4, 0.5) is 0 Å². The monoisotopic (exact) mass is 543 g/mol. The first-order valence-electron chi connectivity index (χ1n) is 12.4. The van der Waals surface area contributed by atoms with Crippen LogP contribution in [0.5, 0.6) is 0 Å². The summed E-state index contributed by atoms with van der Waals surface area (Å²) in [6.45, 7) is 4.74. The fraction of sp³-hybridized carbons (Fsp3) is 0.783. The summed E-state index contributed by atoms with van der Waals surface area (Å²) < 4.78 is 4.86. The van der Waals surface area contributed by atoms with Gasteiger partial charge >= 0.3 is 5.97 Å². The highest BCUT2D eigenvalue weighted by Gasteiger charge is 2.43. The molecule has 4 amide bonds. The molecule has 3 aliphatic rings. The molecule has 202 valence electrons. The molecule has 0 saturated carbocycles. The number of nitrogens with one attached hydrogen (secondary N) is 2. The Morgan fingerprint density at radius 2 is 1.58 bits per heavy atom. The molecule has 5 atom stereocenters. The van der Waals surface area contributed by atoms with Crippen LogP contribution >= 0.6 is 21.6 Å². The second kappa shape index (κ2) is 13.0. The molecule has 3 rings (SSSR count). The van der Waals surface area contributed by atoms with E-state index in [2.05, 4.69) is 10.6 Å². The lowest BCUT2D eigenvalue weighted by molar-refractivity contribution is -0.147. The molecule has 0 unspecified atom stereocenters. The first-order chi connectivity index (χ1) is 17.1. The molecule has 0 radical (unpaired) electrons. The standard InChI is InChI=1S/C23H37N5O6S2/c1-13(2)10-15-19(29)26-16(23(33)34-3)12-36-35-11-14(24)21(31)28-9-5-7-18(28)22(32)27-8-4-6-17(27)20(30)25-15/h13-18H,4-12,24H2,1-3H3,(H,25,30)(H,26,29)/t14-,15-,16-,17-,18-/m0/s1. The number of amides is 4. The van der Waals surface area contributed by atoms with Crippen molar-refractivity contribution >= 4 is 51.2 Å². The molecule has 0 aliphatic carbocycles. The molecule has 3 fully saturated rings. The summed E-state index contributed by atoms with van der Waals surface area (Å²) >= 11 is 0. The van der Waals surface area contributed by atoms with E-state index in [1.807, 2.05) is 13.8 Å². The van der Waals surface area contributed by atoms with Gasteiger partial charge in [0.15, 0.2) is 0 Å². The number of nitrogens with zero attached hydrogens (tertiary/aromatic N) is 2. The zero-order valence-corrected chi connectivity index (χ0v) is 22.7. The van der Waals surface area contributed by atoms with Crippen LogP contribution in [0.1, 0.15) is 46.0 Å². The van der Waals surface area contributed by atoms with Gasteiger partial charge in [-0.05, 0) is 38.0 Å². The van der Waals surface area contributed by atoms with Gasteiger partial charge in [-0.25, -0.2) is 4.79 Å². The molecule has 0 spiro atoms. The molecule has 0 aromatic rings. The van der Waals surface area contributed by atoms with E-state index in [-0.39, 0.29) is 29.2 Å². The summed E-state index contributed by atoms with van der Waals surface area (Å²) in [7, 11) is 3.86. The van der Waals surface area contributed by atoms with Crippen molar-refractivity contribution in [2.45, 2.75) is 76.2 Å². The van der Waals surface area contributed by atoms with Crippen molar-refractivity contribution in [2.75, 3.05) is 31.7 Å². The first-order valence-corrected chi connectivity index (χ1v) is 14.9. The molecule has 4 N–H and O–H groups in total. The van der Waals surface area contributed by atoms with Gasteiger partial charge in [-0.15, -0.1) is 0 Å². The zero-order chi connectivity index (χ0) is 26.4. The molecular formula is C23H37N5O6S2. The lowest BCUT2D eigenvalue weighted by Gasteiger charge is -2.32. The fourth-order valence-electron chi connectivity index (χ4n) is 4.86. The molecule has 3 aliphatic heterocycles. The first kappa shape index (κ1) is 28.6. The van der Waals surface area contributed by atoms with E-state index in [0.29, 0.717) is 45.2 Å². The van der Waals surface area contributed by atoms with E-state index in [0.717, 1.165) is 0 Å². The largest absolute Gasteiger partial charge is 0.467 e. The van der Waals surface area contributed by atoms with Crippen LogP contribution in [0.2, 0.25) is 0 Å². The van der Waals surface area contributed by atoms with E-state index in [4.69, 9.17) is 10.5 Å². The number of hydrogen-bond donors (Lipinski definition) is 3. The van der Waals surface area contributed by atoms with Crippen molar-refractivity contribution in [1.29, 1.82) is 0 Å². The molecule has 3 heterocycles. The van der Waals surface area contributed by atoms with Crippen LogP contribution in [-0.2, 0) is 28.7 Å². The maximum Gasteiger partial charge on any atom is 0.329 e. The number of carbonyl (C=O) groups excluding carboxylic acids is 5. The van der Waals surface area contributed by atoms with Gasteiger partial charge in [-0.3, -0.25) is 19.2 Å². The second-order valence-corrected chi connectivity index (χ2v) is 12.4. The Morgan fingerprint density at radius 3 is 2.22 bits per heavy atom. The molecule has 13 heteroatoms. The highest BCUT2D eigenvalue weighted by Crippen LogP contribution is 2.28. The highest BCUT2D eigenvalue weighted by molar-refractivity contribution is 8.76. The summed E-state index contributed by atoms with van der Waals surface area (Å²) in [6, 6.07) is -3.96. The highest BCUT2D eigenvalue weighted by atomic mass is 33.1. The van der Waals surface area contributed by atoms with E-state index < -0.39 is 48.0 Å². The number of ether oxygens (including phenoxy) is 1. The Bertz CT molecular complexity index is 859. The van der Waals surface area contributed by atoms with Gasteiger partial charge in [0, 0.05) is 24.6 Å². The number of fused-ring (bicyclic) bond motifs is 2. The molecule has 0 bridgehead atoms. The maximum atomic E-state index is 13.5. The van der Waals surface area contributed by atoms with E-state index in [1.54, 1.807) is 9.80 Å². The molecule has 36 heavy (non-hydrogen) atoms. The van der Waals surface area contributed by atoms with Crippen LogP contribution in [0.15, 0.2) is 0 Å². The Hall–Kier alpha value is -1.99. The average Bonchev–Trinajstić information content (AvgIpc) is 3.53. The molecular weight excluding hydrogens is 506 g/mol. The van der Waals surface area contributed by atoms with Crippen molar-refractivity contribution in [3.63, 3.8) is 0 Å². The quantitative estimate of drug-likeness (QED) is 0.327. The topological polar surface area (TPSA) is 151 Å². The molecule has 11 nitrogen and oxygen atoms in total. The lowest BCUT2D eigenvalue weighted by atomic mass is 10.0. The number of methoxy groups -OCH3 is 1. The number of nitrogens with two attached hydrogens (primary N) is 1. The van der Waals surface area contributed by atoms with Crippen molar-refractivity contribution in [3.05, 3.63) is 0 Å². The summed E-state index contributed by atoms with van der Waals surface area (Å²) in [4.78, 5) is 68.5. The summed E-state index contributed by atoms with van der Waals surface area (Å²) in [5.41, 5.74) is 6.17. The minimum atomic E-state index is -0.929. The number of carbonyl (C=O) groups is 5. The molecule has 3 saturated heterocycles. The van der Waals surface area contributed by atoms with Gasteiger partial charge < -0.3 is 30.9 Å². The van der Waals surface area contributed by atoms with Crippen LogP contribution in [0.3, 0.4) is 0 Å².